The Morgan fingerprint density at radius 2 is 2.00 bits per heavy atom. The van der Waals surface area contributed by atoms with Gasteiger partial charge in [0, 0.05) is 0 Å². The minimum Gasteiger partial charge on any atom is -0.387 e. The van der Waals surface area contributed by atoms with Crippen LogP contribution in [-0.4, -0.2) is 17.8 Å². The summed E-state index contributed by atoms with van der Waals surface area (Å²) in [5.74, 6) is 0. The Morgan fingerprint density at radius 3 is 2.60 bits per heavy atom. The van der Waals surface area contributed by atoms with Crippen molar-refractivity contribution in [3.8, 4) is 0 Å². The van der Waals surface area contributed by atoms with E-state index in [0.29, 0.717) is 13.2 Å². The molecule has 2 nitrogen and oxygen atoms in total. The van der Waals surface area contributed by atoms with Gasteiger partial charge in [0.05, 0.1) is 19.3 Å². The summed E-state index contributed by atoms with van der Waals surface area (Å²) in [5, 5.41) is 9.50. The lowest BCUT2D eigenvalue weighted by molar-refractivity contribution is 0.0500. The molecule has 1 N–H and O–H groups in total. The fraction of sp³-hybridized carbons (Fsp3) is 0.385. The molecular weight excluding hydrogens is 188 g/mol. The molecule has 0 aromatic heterocycles. The van der Waals surface area contributed by atoms with E-state index >= 15 is 0 Å². The zero-order valence-corrected chi connectivity index (χ0v) is 9.31. The van der Waals surface area contributed by atoms with E-state index in [-0.39, 0.29) is 0 Å². The summed E-state index contributed by atoms with van der Waals surface area (Å²) in [6.45, 7) is 4.81. The van der Waals surface area contributed by atoms with E-state index < -0.39 is 6.10 Å². The van der Waals surface area contributed by atoms with Gasteiger partial charge in [-0.1, -0.05) is 42.0 Å². The Labute approximate surface area is 91.2 Å². The predicted molar refractivity (Wildman–Crippen MR) is 61.5 cm³/mol. The second-order valence-corrected chi connectivity index (χ2v) is 3.81. The monoisotopic (exact) mass is 206 g/mol. The van der Waals surface area contributed by atoms with Crippen molar-refractivity contribution < 1.29 is 9.84 Å². The molecule has 1 unspecified atom stereocenters. The molecule has 0 saturated heterocycles. The Balaban J connectivity index is 2.25. The fourth-order valence-corrected chi connectivity index (χ4v) is 1.30. The number of rotatable bonds is 5. The van der Waals surface area contributed by atoms with E-state index in [1.807, 2.05) is 44.2 Å². The fourth-order valence-electron chi connectivity index (χ4n) is 1.30. The molecule has 1 atom stereocenters. The van der Waals surface area contributed by atoms with Crippen LogP contribution in [0.1, 0.15) is 19.4 Å². The van der Waals surface area contributed by atoms with Crippen molar-refractivity contribution in [2.45, 2.75) is 26.6 Å². The van der Waals surface area contributed by atoms with Crippen molar-refractivity contribution in [1.29, 1.82) is 0 Å². The predicted octanol–water partition coefficient (Wildman–Crippen LogP) is 2.53. The van der Waals surface area contributed by atoms with Gasteiger partial charge in [0.25, 0.3) is 0 Å². The maximum Gasteiger partial charge on any atom is 0.0957 e. The summed E-state index contributed by atoms with van der Waals surface area (Å²) in [7, 11) is 0. The first-order valence-corrected chi connectivity index (χ1v) is 5.13. The smallest absolute Gasteiger partial charge is 0.0957 e. The van der Waals surface area contributed by atoms with Gasteiger partial charge in [0.2, 0.25) is 0 Å². The van der Waals surface area contributed by atoms with Crippen LogP contribution in [0, 0.1) is 0 Å². The van der Waals surface area contributed by atoms with Crippen molar-refractivity contribution in [2.75, 3.05) is 6.61 Å². The van der Waals surface area contributed by atoms with Crippen LogP contribution >= 0.6 is 0 Å². The molecule has 0 bridgehead atoms. The number of aliphatic hydroxyl groups is 1. The van der Waals surface area contributed by atoms with Gasteiger partial charge in [0.1, 0.15) is 0 Å². The quantitative estimate of drug-likeness (QED) is 0.750. The maximum atomic E-state index is 9.50. The van der Waals surface area contributed by atoms with Crippen molar-refractivity contribution in [3.05, 3.63) is 47.5 Å². The van der Waals surface area contributed by atoms with E-state index in [1.165, 1.54) is 0 Å². The van der Waals surface area contributed by atoms with E-state index in [2.05, 4.69) is 0 Å². The molecule has 2 heteroatoms. The highest BCUT2D eigenvalue weighted by molar-refractivity contribution is 5.13. The molecule has 0 heterocycles. The molecule has 0 spiro atoms. The molecule has 0 radical (unpaired) electrons. The first-order valence-electron chi connectivity index (χ1n) is 5.13. The SMILES string of the molecule is CC(C)=CC(O)COCc1ccccc1. The Bertz CT molecular complexity index is 300. The van der Waals surface area contributed by atoms with E-state index in [1.54, 1.807) is 6.08 Å². The van der Waals surface area contributed by atoms with Crippen LogP contribution in [0.2, 0.25) is 0 Å². The number of ether oxygens (including phenoxy) is 1. The molecule has 82 valence electrons. The van der Waals surface area contributed by atoms with Crippen molar-refractivity contribution in [2.24, 2.45) is 0 Å². The van der Waals surface area contributed by atoms with Gasteiger partial charge in [0.15, 0.2) is 0 Å². The zero-order valence-electron chi connectivity index (χ0n) is 9.31. The van der Waals surface area contributed by atoms with Crippen LogP contribution in [0.5, 0.6) is 0 Å². The van der Waals surface area contributed by atoms with Crippen molar-refractivity contribution in [1.82, 2.24) is 0 Å². The zero-order chi connectivity index (χ0) is 11.1. The lowest BCUT2D eigenvalue weighted by Gasteiger charge is -2.07. The first kappa shape index (κ1) is 12.0. The number of benzene rings is 1. The van der Waals surface area contributed by atoms with E-state index in [4.69, 9.17) is 4.74 Å². The van der Waals surface area contributed by atoms with Gasteiger partial charge >= 0.3 is 0 Å². The van der Waals surface area contributed by atoms with Crippen molar-refractivity contribution >= 4 is 0 Å². The minimum absolute atomic E-state index is 0.347. The first-order chi connectivity index (χ1) is 7.18. The summed E-state index contributed by atoms with van der Waals surface area (Å²) >= 11 is 0. The molecule has 0 aliphatic carbocycles. The number of aliphatic hydroxyl groups excluding tert-OH is 1. The lowest BCUT2D eigenvalue weighted by atomic mass is 10.2. The average molecular weight is 206 g/mol. The van der Waals surface area contributed by atoms with Crippen LogP contribution in [0.4, 0.5) is 0 Å². The highest BCUT2D eigenvalue weighted by Gasteiger charge is 1.99. The maximum absolute atomic E-state index is 9.50. The van der Waals surface area contributed by atoms with E-state index in [9.17, 15) is 5.11 Å². The van der Waals surface area contributed by atoms with Crippen LogP contribution in [0.3, 0.4) is 0 Å². The van der Waals surface area contributed by atoms with E-state index in [0.717, 1.165) is 11.1 Å². The number of allylic oxidation sites excluding steroid dienone is 1. The lowest BCUT2D eigenvalue weighted by Crippen LogP contribution is -2.12. The normalized spacial score (nSPS) is 12.2. The number of hydrogen-bond acceptors (Lipinski definition) is 2. The molecule has 1 aromatic rings. The number of hydrogen-bond donors (Lipinski definition) is 1. The minimum atomic E-state index is -0.501. The average Bonchev–Trinajstić information content (AvgIpc) is 2.18. The largest absolute Gasteiger partial charge is 0.387 e. The summed E-state index contributed by atoms with van der Waals surface area (Å²) in [6, 6.07) is 9.94. The summed E-state index contributed by atoms with van der Waals surface area (Å²) < 4.78 is 5.39. The third-order valence-corrected chi connectivity index (χ3v) is 1.93. The van der Waals surface area contributed by atoms with Gasteiger partial charge in [-0.15, -0.1) is 0 Å². The molecule has 15 heavy (non-hydrogen) atoms. The topological polar surface area (TPSA) is 29.5 Å². The molecule has 0 amide bonds. The van der Waals surface area contributed by atoms with Crippen LogP contribution in [0.15, 0.2) is 42.0 Å². The Kier molecular flexibility index (Phi) is 5.08. The van der Waals surface area contributed by atoms with Gasteiger partial charge in [-0.3, -0.25) is 0 Å². The Morgan fingerprint density at radius 1 is 1.33 bits per heavy atom. The highest BCUT2D eigenvalue weighted by atomic mass is 16.5. The summed E-state index contributed by atoms with van der Waals surface area (Å²) in [5.41, 5.74) is 2.23. The second-order valence-electron chi connectivity index (χ2n) is 3.81. The molecule has 1 rings (SSSR count). The standard InChI is InChI=1S/C13H18O2/c1-11(2)8-13(14)10-15-9-12-6-4-3-5-7-12/h3-8,13-14H,9-10H2,1-2H3. The van der Waals surface area contributed by atoms with Crippen LogP contribution in [-0.2, 0) is 11.3 Å². The molecule has 0 saturated carbocycles. The van der Waals surface area contributed by atoms with Crippen molar-refractivity contribution in [3.63, 3.8) is 0 Å². The summed E-state index contributed by atoms with van der Waals surface area (Å²) in [4.78, 5) is 0. The molecule has 0 aliphatic heterocycles. The highest BCUT2D eigenvalue weighted by Crippen LogP contribution is 2.02. The molecular formula is C13H18O2. The van der Waals surface area contributed by atoms with Crippen LogP contribution in [0.25, 0.3) is 0 Å². The van der Waals surface area contributed by atoms with Crippen LogP contribution < -0.4 is 0 Å². The third kappa shape index (κ3) is 5.35. The third-order valence-electron chi connectivity index (χ3n) is 1.93. The van der Waals surface area contributed by atoms with Gasteiger partial charge in [-0.2, -0.15) is 0 Å². The molecule has 0 aliphatic rings. The molecule has 0 fully saturated rings. The van der Waals surface area contributed by atoms with Gasteiger partial charge in [-0.05, 0) is 19.4 Å². The second kappa shape index (κ2) is 6.38. The van der Waals surface area contributed by atoms with Gasteiger partial charge < -0.3 is 9.84 Å². The van der Waals surface area contributed by atoms with Gasteiger partial charge in [-0.25, -0.2) is 0 Å². The molecule has 1 aromatic carbocycles. The summed E-state index contributed by atoms with van der Waals surface area (Å²) in [6.07, 6.45) is 1.30. The Hall–Kier alpha value is -1.12.